The van der Waals surface area contributed by atoms with Crippen molar-refractivity contribution in [3.63, 3.8) is 0 Å². The lowest BCUT2D eigenvalue weighted by Crippen LogP contribution is -2.31. The van der Waals surface area contributed by atoms with Gasteiger partial charge in [-0.2, -0.15) is 0 Å². The number of rotatable bonds is 8. The van der Waals surface area contributed by atoms with Crippen molar-refractivity contribution in [1.82, 2.24) is 19.7 Å². The summed E-state index contributed by atoms with van der Waals surface area (Å²) in [5.41, 5.74) is 0.808. The minimum absolute atomic E-state index is 0.0417. The third-order valence-electron chi connectivity index (χ3n) is 4.87. The molecule has 0 saturated heterocycles. The number of carbonyl (C=O) groups excluding carboxylic acids is 1. The Bertz CT molecular complexity index is 801. The first-order chi connectivity index (χ1) is 12.7. The summed E-state index contributed by atoms with van der Waals surface area (Å²) >= 11 is 1.47. The molecule has 1 aromatic heterocycles. The summed E-state index contributed by atoms with van der Waals surface area (Å²) in [6, 6.07) is 6.94. The van der Waals surface area contributed by atoms with Crippen LogP contribution in [0.15, 0.2) is 29.4 Å². The lowest BCUT2D eigenvalue weighted by Gasteiger charge is -2.21. The van der Waals surface area contributed by atoms with Gasteiger partial charge in [-0.15, -0.1) is 10.2 Å². The molecule has 0 N–H and O–H groups in total. The smallest absolute Gasteiger partial charge is 0.233 e. The molecule has 2 aliphatic rings. The molecule has 2 aliphatic carbocycles. The van der Waals surface area contributed by atoms with Crippen LogP contribution in [0.25, 0.3) is 0 Å². The molecule has 0 atom stereocenters. The van der Waals surface area contributed by atoms with E-state index in [9.17, 15) is 9.18 Å². The minimum atomic E-state index is -0.273. The molecule has 1 amide bonds. The van der Waals surface area contributed by atoms with Crippen molar-refractivity contribution in [2.45, 2.75) is 56.3 Å². The molecule has 2 aromatic rings. The Kier molecular flexibility index (Phi) is 4.98. The van der Waals surface area contributed by atoms with Gasteiger partial charge >= 0.3 is 0 Å². The Morgan fingerprint density at radius 1 is 1.31 bits per heavy atom. The molecule has 0 radical (unpaired) electrons. The van der Waals surface area contributed by atoms with E-state index in [2.05, 4.69) is 14.8 Å². The monoisotopic (exact) mass is 374 g/mol. The Morgan fingerprint density at radius 2 is 2.12 bits per heavy atom. The quantitative estimate of drug-likeness (QED) is 0.660. The number of benzene rings is 1. The Hall–Kier alpha value is -1.89. The number of halogens is 1. The van der Waals surface area contributed by atoms with Gasteiger partial charge in [0.1, 0.15) is 11.6 Å². The number of aromatic nitrogens is 3. The largest absolute Gasteiger partial charge is 0.338 e. The fourth-order valence-electron chi connectivity index (χ4n) is 3.13. The van der Waals surface area contributed by atoms with Gasteiger partial charge in [0.15, 0.2) is 5.16 Å². The average Bonchev–Trinajstić information content (AvgIpc) is 3.56. The van der Waals surface area contributed by atoms with E-state index in [-0.39, 0.29) is 11.7 Å². The predicted molar refractivity (Wildman–Crippen MR) is 98.5 cm³/mol. The normalized spacial score (nSPS) is 16.7. The topological polar surface area (TPSA) is 51.0 Å². The first-order valence-electron chi connectivity index (χ1n) is 9.25. The van der Waals surface area contributed by atoms with Crippen molar-refractivity contribution in [3.05, 3.63) is 41.5 Å². The average molecular weight is 374 g/mol. The molecular formula is C19H23FN4OS. The molecule has 0 aliphatic heterocycles. The van der Waals surface area contributed by atoms with E-state index >= 15 is 0 Å². The van der Waals surface area contributed by atoms with Crippen molar-refractivity contribution < 1.29 is 9.18 Å². The predicted octanol–water partition coefficient (Wildman–Crippen LogP) is 3.77. The molecule has 0 unspecified atom stereocenters. The van der Waals surface area contributed by atoms with Gasteiger partial charge in [-0.05, 0) is 50.3 Å². The van der Waals surface area contributed by atoms with Gasteiger partial charge in [0, 0.05) is 25.0 Å². The summed E-state index contributed by atoms with van der Waals surface area (Å²) in [5, 5.41) is 9.60. The van der Waals surface area contributed by atoms with Crippen LogP contribution in [0, 0.1) is 5.82 Å². The SMILES string of the molecule is CCN(Cc1cccc(F)c1)C(=O)CSc1nnc(C2CC2)n1C1CC1. The number of hydrogen-bond donors (Lipinski definition) is 0. The standard InChI is InChI=1S/C19H23FN4OS/c1-2-23(11-13-4-3-5-15(20)10-13)17(25)12-26-19-22-21-18(14-6-7-14)24(19)16-8-9-16/h3-5,10,14,16H,2,6-9,11-12H2,1H3. The van der Waals surface area contributed by atoms with Crippen LogP contribution in [-0.2, 0) is 11.3 Å². The first-order valence-corrected chi connectivity index (χ1v) is 10.2. The summed E-state index contributed by atoms with van der Waals surface area (Å²) in [4.78, 5) is 14.4. The zero-order valence-electron chi connectivity index (χ0n) is 14.9. The van der Waals surface area contributed by atoms with Crippen LogP contribution in [0.3, 0.4) is 0 Å². The Morgan fingerprint density at radius 3 is 2.77 bits per heavy atom. The van der Waals surface area contributed by atoms with Crippen molar-refractivity contribution in [2.24, 2.45) is 0 Å². The summed E-state index contributed by atoms with van der Waals surface area (Å²) < 4.78 is 15.6. The highest BCUT2D eigenvalue weighted by atomic mass is 32.2. The van der Waals surface area contributed by atoms with Gasteiger partial charge < -0.3 is 9.47 Å². The van der Waals surface area contributed by atoms with Gasteiger partial charge in [-0.3, -0.25) is 4.79 Å². The van der Waals surface area contributed by atoms with Gasteiger partial charge in [0.2, 0.25) is 5.91 Å². The second-order valence-electron chi connectivity index (χ2n) is 7.04. The highest BCUT2D eigenvalue weighted by Gasteiger charge is 2.36. The second-order valence-corrected chi connectivity index (χ2v) is 7.99. The van der Waals surface area contributed by atoms with Crippen LogP contribution in [-0.4, -0.2) is 37.9 Å². The van der Waals surface area contributed by atoms with Gasteiger partial charge in [-0.1, -0.05) is 23.9 Å². The summed E-state index contributed by atoms with van der Waals surface area (Å²) in [7, 11) is 0. The van der Waals surface area contributed by atoms with Gasteiger partial charge in [0.05, 0.1) is 5.75 Å². The van der Waals surface area contributed by atoms with Crippen LogP contribution in [0.2, 0.25) is 0 Å². The fourth-order valence-corrected chi connectivity index (χ4v) is 4.05. The van der Waals surface area contributed by atoms with E-state index in [1.54, 1.807) is 11.0 Å². The maximum absolute atomic E-state index is 13.4. The molecule has 138 valence electrons. The van der Waals surface area contributed by atoms with Crippen molar-refractivity contribution in [3.8, 4) is 0 Å². The molecule has 26 heavy (non-hydrogen) atoms. The van der Waals surface area contributed by atoms with Crippen LogP contribution >= 0.6 is 11.8 Å². The third kappa shape index (κ3) is 3.92. The first kappa shape index (κ1) is 17.5. The fraction of sp³-hybridized carbons (Fsp3) is 0.526. The van der Waals surface area contributed by atoms with Crippen molar-refractivity contribution >= 4 is 17.7 Å². The minimum Gasteiger partial charge on any atom is -0.338 e. The van der Waals surface area contributed by atoms with Crippen LogP contribution in [0.5, 0.6) is 0 Å². The maximum atomic E-state index is 13.4. The van der Waals surface area contributed by atoms with Crippen LogP contribution in [0.1, 0.15) is 56.0 Å². The number of amides is 1. The molecule has 7 heteroatoms. The number of carbonyl (C=O) groups is 1. The number of nitrogens with zero attached hydrogens (tertiary/aromatic N) is 4. The van der Waals surface area contributed by atoms with Crippen molar-refractivity contribution in [1.29, 1.82) is 0 Å². The zero-order valence-corrected chi connectivity index (χ0v) is 15.7. The Labute approximate surface area is 157 Å². The molecule has 1 aromatic carbocycles. The summed E-state index contributed by atoms with van der Waals surface area (Å²) in [6.45, 7) is 2.97. The lowest BCUT2D eigenvalue weighted by atomic mass is 10.2. The van der Waals surface area contributed by atoms with E-state index in [1.807, 2.05) is 13.0 Å². The van der Waals surface area contributed by atoms with Gasteiger partial charge in [-0.25, -0.2) is 4.39 Å². The molecule has 2 saturated carbocycles. The van der Waals surface area contributed by atoms with Gasteiger partial charge in [0.25, 0.3) is 0 Å². The van der Waals surface area contributed by atoms with E-state index in [4.69, 9.17) is 0 Å². The van der Waals surface area contributed by atoms with E-state index in [0.717, 1.165) is 16.5 Å². The Balaban J connectivity index is 1.40. The number of hydrogen-bond acceptors (Lipinski definition) is 4. The zero-order chi connectivity index (χ0) is 18.1. The molecule has 4 rings (SSSR count). The third-order valence-corrected chi connectivity index (χ3v) is 5.79. The maximum Gasteiger partial charge on any atom is 0.233 e. The summed E-state index contributed by atoms with van der Waals surface area (Å²) in [6.07, 6.45) is 4.76. The van der Waals surface area contributed by atoms with Crippen LogP contribution in [0.4, 0.5) is 4.39 Å². The molecule has 2 fully saturated rings. The number of thioether (sulfide) groups is 1. The molecule has 1 heterocycles. The summed E-state index contributed by atoms with van der Waals surface area (Å²) in [5.74, 6) is 1.77. The second kappa shape index (κ2) is 7.39. The highest BCUT2D eigenvalue weighted by Crippen LogP contribution is 2.45. The molecule has 0 spiro atoms. The van der Waals surface area contributed by atoms with E-state index in [1.165, 1.54) is 49.6 Å². The van der Waals surface area contributed by atoms with Crippen LogP contribution < -0.4 is 0 Å². The van der Waals surface area contributed by atoms with Crippen molar-refractivity contribution in [2.75, 3.05) is 12.3 Å². The lowest BCUT2D eigenvalue weighted by molar-refractivity contribution is -0.128. The molecular weight excluding hydrogens is 351 g/mol. The highest BCUT2D eigenvalue weighted by molar-refractivity contribution is 7.99. The van der Waals surface area contributed by atoms with E-state index < -0.39 is 0 Å². The van der Waals surface area contributed by atoms with E-state index in [0.29, 0.717) is 30.8 Å². The molecule has 5 nitrogen and oxygen atoms in total. The molecule has 0 bridgehead atoms.